The largest absolute Gasteiger partial charge is 0.444 e. The number of nitrogens with one attached hydrogen (secondary N) is 3. The predicted octanol–water partition coefficient (Wildman–Crippen LogP) is 7.45. The van der Waals surface area contributed by atoms with Gasteiger partial charge in [0.15, 0.2) is 5.82 Å². The van der Waals surface area contributed by atoms with Crippen LogP contribution >= 0.6 is 0 Å². The van der Waals surface area contributed by atoms with Gasteiger partial charge in [0.1, 0.15) is 17.0 Å². The molecule has 2 aliphatic rings. The number of ether oxygens (including phenoxy) is 2. The Kier molecular flexibility index (Phi) is 8.61. The van der Waals surface area contributed by atoms with Crippen LogP contribution in [0, 0.1) is 12.7 Å². The Morgan fingerprint density at radius 1 is 0.933 bits per heavy atom. The number of carbonyl (C=O) groups is 3. The zero-order valence-corrected chi connectivity index (χ0v) is 26.9. The van der Waals surface area contributed by atoms with Gasteiger partial charge in [-0.3, -0.25) is 20.5 Å². The second kappa shape index (κ2) is 12.1. The van der Waals surface area contributed by atoms with Gasteiger partial charge in [0, 0.05) is 41.5 Å². The molecule has 1 saturated carbocycles. The summed E-state index contributed by atoms with van der Waals surface area (Å²) >= 11 is 0. The van der Waals surface area contributed by atoms with Crippen molar-refractivity contribution in [2.45, 2.75) is 97.8 Å². The van der Waals surface area contributed by atoms with Gasteiger partial charge in [0.2, 0.25) is 0 Å². The number of nitrogens with zero attached hydrogens (tertiary/aromatic N) is 3. The van der Waals surface area contributed by atoms with Crippen LogP contribution in [0.5, 0.6) is 0 Å². The molecule has 0 unspecified atom stereocenters. The number of aromatic nitrogens is 2. The maximum atomic E-state index is 16.6. The van der Waals surface area contributed by atoms with Crippen molar-refractivity contribution in [2.24, 2.45) is 0 Å². The molecular formula is C33H41FN6O5. The summed E-state index contributed by atoms with van der Waals surface area (Å²) in [7, 11) is 0. The summed E-state index contributed by atoms with van der Waals surface area (Å²) in [6.07, 6.45) is 5.96. The molecule has 5 rings (SSSR count). The zero-order chi connectivity index (χ0) is 32.7. The fraction of sp³-hybridized carbons (Fsp3) is 0.485. The van der Waals surface area contributed by atoms with Gasteiger partial charge in [0.25, 0.3) is 0 Å². The number of amides is 4. The monoisotopic (exact) mass is 620 g/mol. The van der Waals surface area contributed by atoms with Gasteiger partial charge >= 0.3 is 18.2 Å². The normalized spacial score (nSPS) is 15.2. The molecule has 45 heavy (non-hydrogen) atoms. The third-order valence-electron chi connectivity index (χ3n) is 7.62. The number of pyridine rings is 2. The predicted molar refractivity (Wildman–Crippen MR) is 171 cm³/mol. The summed E-state index contributed by atoms with van der Waals surface area (Å²) in [5.74, 6) is -0.459. The first-order chi connectivity index (χ1) is 21.1. The van der Waals surface area contributed by atoms with E-state index in [0.29, 0.717) is 47.0 Å². The third-order valence-corrected chi connectivity index (χ3v) is 7.62. The van der Waals surface area contributed by atoms with Gasteiger partial charge in [-0.05, 0) is 104 Å². The molecule has 0 bridgehead atoms. The molecule has 0 radical (unpaired) electrons. The molecule has 0 spiro atoms. The number of rotatable bonds is 4. The molecule has 1 aliphatic carbocycles. The molecule has 3 N–H and O–H groups in total. The Balaban J connectivity index is 1.61. The van der Waals surface area contributed by atoms with Crippen LogP contribution in [-0.4, -0.2) is 52.0 Å². The molecule has 0 atom stereocenters. The minimum Gasteiger partial charge on any atom is -0.444 e. The quantitative estimate of drug-likeness (QED) is 0.276. The molecule has 3 heterocycles. The van der Waals surface area contributed by atoms with Crippen molar-refractivity contribution < 1.29 is 28.2 Å². The van der Waals surface area contributed by atoms with Gasteiger partial charge in [-0.15, -0.1) is 0 Å². The minimum atomic E-state index is -0.835. The SMILES string of the molecule is Cc1c(-c2cc3cc(NC(=O)NC4CCC4)ncc3c(NC(=O)OC(C)(C)C)c2F)cnc2c1N(C(=O)OC(C)(C)C)CCC2. The molecule has 2 aromatic heterocycles. The fourth-order valence-corrected chi connectivity index (χ4v) is 5.43. The number of aryl methyl sites for hydroxylation is 1. The highest BCUT2D eigenvalue weighted by Crippen LogP contribution is 2.41. The second-order valence-electron chi connectivity index (χ2n) is 13.6. The van der Waals surface area contributed by atoms with Crippen molar-refractivity contribution in [1.29, 1.82) is 0 Å². The van der Waals surface area contributed by atoms with Crippen LogP contribution < -0.4 is 20.9 Å². The van der Waals surface area contributed by atoms with E-state index in [0.717, 1.165) is 25.0 Å². The molecule has 1 aromatic carbocycles. The average molecular weight is 621 g/mol. The summed E-state index contributed by atoms with van der Waals surface area (Å²) in [5, 5.41) is 9.05. The molecule has 12 heteroatoms. The van der Waals surface area contributed by atoms with E-state index in [4.69, 9.17) is 9.47 Å². The molecule has 1 aliphatic heterocycles. The van der Waals surface area contributed by atoms with Gasteiger partial charge in [0.05, 0.1) is 17.1 Å². The maximum absolute atomic E-state index is 16.6. The van der Waals surface area contributed by atoms with Crippen molar-refractivity contribution in [3.8, 4) is 11.1 Å². The topological polar surface area (TPSA) is 135 Å². The third kappa shape index (κ3) is 7.26. The van der Waals surface area contributed by atoms with Gasteiger partial charge in [-0.1, -0.05) is 0 Å². The highest BCUT2D eigenvalue weighted by molar-refractivity contribution is 6.05. The molecule has 1 fully saturated rings. The number of hydrogen-bond acceptors (Lipinski definition) is 7. The van der Waals surface area contributed by atoms with Crippen molar-refractivity contribution in [1.82, 2.24) is 15.3 Å². The summed E-state index contributed by atoms with van der Waals surface area (Å²) in [6, 6.07) is 3.00. The number of fused-ring (bicyclic) bond motifs is 2. The van der Waals surface area contributed by atoms with Crippen LogP contribution in [0.4, 0.5) is 36.0 Å². The fourth-order valence-electron chi connectivity index (χ4n) is 5.43. The van der Waals surface area contributed by atoms with Crippen molar-refractivity contribution in [3.63, 3.8) is 0 Å². The lowest BCUT2D eigenvalue weighted by molar-refractivity contribution is 0.0575. The molecule has 4 amide bonds. The van der Waals surface area contributed by atoms with Crippen LogP contribution in [0.2, 0.25) is 0 Å². The summed E-state index contributed by atoms with van der Waals surface area (Å²) in [4.78, 5) is 49.1. The average Bonchev–Trinajstić information content (AvgIpc) is 2.90. The summed E-state index contributed by atoms with van der Waals surface area (Å²) in [6.45, 7) is 12.8. The molecular weight excluding hydrogens is 579 g/mol. The van der Waals surface area contributed by atoms with Crippen LogP contribution in [-0.2, 0) is 15.9 Å². The molecule has 240 valence electrons. The van der Waals surface area contributed by atoms with Crippen LogP contribution in [0.15, 0.2) is 24.5 Å². The second-order valence-corrected chi connectivity index (χ2v) is 13.6. The molecule has 0 saturated heterocycles. The highest BCUT2D eigenvalue weighted by atomic mass is 19.1. The van der Waals surface area contributed by atoms with E-state index in [-0.39, 0.29) is 29.1 Å². The number of anilines is 3. The van der Waals surface area contributed by atoms with Crippen LogP contribution in [0.1, 0.15) is 78.5 Å². The van der Waals surface area contributed by atoms with E-state index in [2.05, 4.69) is 25.9 Å². The van der Waals surface area contributed by atoms with Crippen molar-refractivity contribution >= 4 is 46.2 Å². The van der Waals surface area contributed by atoms with E-state index in [9.17, 15) is 14.4 Å². The Bertz CT molecular complexity index is 1660. The summed E-state index contributed by atoms with van der Waals surface area (Å²) in [5.41, 5.74) is 0.872. The highest BCUT2D eigenvalue weighted by Gasteiger charge is 2.31. The Labute approximate surface area is 262 Å². The molecule has 3 aromatic rings. The van der Waals surface area contributed by atoms with Crippen LogP contribution in [0.3, 0.4) is 0 Å². The Hall–Kier alpha value is -4.48. The van der Waals surface area contributed by atoms with Crippen LogP contribution in [0.25, 0.3) is 21.9 Å². The minimum absolute atomic E-state index is 0.129. The smallest absolute Gasteiger partial charge is 0.414 e. The van der Waals surface area contributed by atoms with E-state index in [1.807, 2.05) is 6.92 Å². The lowest BCUT2D eigenvalue weighted by Gasteiger charge is -2.33. The maximum Gasteiger partial charge on any atom is 0.414 e. The Morgan fingerprint density at radius 2 is 1.64 bits per heavy atom. The van der Waals surface area contributed by atoms with E-state index in [1.54, 1.807) is 64.8 Å². The van der Waals surface area contributed by atoms with Gasteiger partial charge in [-0.25, -0.2) is 23.8 Å². The number of benzene rings is 1. The first-order valence-corrected chi connectivity index (χ1v) is 15.3. The lowest BCUT2D eigenvalue weighted by atomic mass is 9.93. The number of urea groups is 1. The van der Waals surface area contributed by atoms with Gasteiger partial charge in [-0.2, -0.15) is 0 Å². The zero-order valence-electron chi connectivity index (χ0n) is 26.9. The molecule has 11 nitrogen and oxygen atoms in total. The Morgan fingerprint density at radius 3 is 2.29 bits per heavy atom. The van der Waals surface area contributed by atoms with Crippen molar-refractivity contribution in [2.75, 3.05) is 22.1 Å². The lowest BCUT2D eigenvalue weighted by Crippen LogP contribution is -2.41. The van der Waals surface area contributed by atoms with E-state index in [1.165, 1.54) is 6.20 Å². The first kappa shape index (κ1) is 31.9. The number of halogens is 1. The summed E-state index contributed by atoms with van der Waals surface area (Å²) < 4.78 is 27.7. The number of carbonyl (C=O) groups excluding carboxylic acids is 3. The van der Waals surface area contributed by atoms with E-state index >= 15 is 4.39 Å². The van der Waals surface area contributed by atoms with Crippen molar-refractivity contribution in [3.05, 3.63) is 41.6 Å². The van der Waals surface area contributed by atoms with E-state index < -0.39 is 29.2 Å². The van der Waals surface area contributed by atoms with Gasteiger partial charge < -0.3 is 14.8 Å². The first-order valence-electron chi connectivity index (χ1n) is 15.3. The standard InChI is InChI=1S/C33H41FN6O5/c1-18-22(16-35-24-12-9-13-40(28(18)24)31(43)45-33(5,6)7)21-14-19-15-25(38-29(41)37-20-10-8-11-20)36-17-23(19)27(26(21)34)39-30(42)44-32(2,3)4/h14-17,20H,8-13H2,1-7H3,(H,39,42)(H2,36,37,38,41). The number of hydrogen-bond donors (Lipinski definition) is 3.